The molecule has 0 amide bonds. The van der Waals surface area contributed by atoms with E-state index >= 15 is 0 Å². The molecule has 0 radical (unpaired) electrons. The lowest BCUT2D eigenvalue weighted by Crippen LogP contribution is -2.54. The summed E-state index contributed by atoms with van der Waals surface area (Å²) in [5, 5.41) is 10.2. The second-order valence-corrected chi connectivity index (χ2v) is 9.46. The molecule has 2 N–H and O–H groups in total. The van der Waals surface area contributed by atoms with Gasteiger partial charge in [0.15, 0.2) is 0 Å². The van der Waals surface area contributed by atoms with Crippen LogP contribution in [-0.2, 0) is 15.0 Å². The Labute approximate surface area is 163 Å². The van der Waals surface area contributed by atoms with E-state index in [2.05, 4.69) is 4.98 Å². The Kier molecular flexibility index (Phi) is 5.15. The molecule has 2 aromatic rings. The number of nitrogens with zero attached hydrogens (tertiary/aromatic N) is 2. The van der Waals surface area contributed by atoms with Crippen molar-refractivity contribution in [2.24, 2.45) is 0 Å². The van der Waals surface area contributed by atoms with Gasteiger partial charge in [-0.2, -0.15) is 17.0 Å². The maximum atomic E-state index is 13.6. The summed E-state index contributed by atoms with van der Waals surface area (Å²) < 4.78 is 42.3. The summed E-state index contributed by atoms with van der Waals surface area (Å²) in [6.45, 7) is 0.913. The molecule has 0 bridgehead atoms. The van der Waals surface area contributed by atoms with Crippen LogP contribution in [0.5, 0.6) is 0 Å². The van der Waals surface area contributed by atoms with Crippen molar-refractivity contribution in [2.75, 3.05) is 19.6 Å². The molecule has 0 aliphatic carbocycles. The molecule has 9 heteroatoms. The van der Waals surface area contributed by atoms with E-state index in [9.17, 15) is 22.7 Å². The second kappa shape index (κ2) is 7.46. The van der Waals surface area contributed by atoms with Crippen LogP contribution in [0.1, 0.15) is 43.6 Å². The average Bonchev–Trinajstić information content (AvgIpc) is 3.11. The van der Waals surface area contributed by atoms with E-state index in [0.717, 1.165) is 27.2 Å². The molecule has 2 fully saturated rings. The maximum absolute atomic E-state index is 13.6. The van der Waals surface area contributed by atoms with Gasteiger partial charge in [0.25, 0.3) is 10.2 Å². The first-order valence-corrected chi connectivity index (χ1v) is 11.0. The highest BCUT2D eigenvalue weighted by Gasteiger charge is 2.41. The van der Waals surface area contributed by atoms with Gasteiger partial charge >= 0.3 is 5.97 Å². The quantitative estimate of drug-likeness (QED) is 0.812. The fourth-order valence-corrected chi connectivity index (χ4v) is 6.27. The Morgan fingerprint density at radius 2 is 1.89 bits per heavy atom. The Morgan fingerprint density at radius 3 is 2.61 bits per heavy atom. The van der Waals surface area contributed by atoms with Crippen LogP contribution in [0, 0.1) is 5.82 Å². The van der Waals surface area contributed by atoms with Gasteiger partial charge in [0, 0.05) is 36.7 Å². The molecule has 152 valence electrons. The smallest absolute Gasteiger partial charge is 0.322 e. The van der Waals surface area contributed by atoms with E-state index in [-0.39, 0.29) is 18.3 Å². The number of piperidine rings is 2. The Bertz CT molecular complexity index is 982. The van der Waals surface area contributed by atoms with Crippen LogP contribution in [0.4, 0.5) is 4.39 Å². The van der Waals surface area contributed by atoms with Crippen molar-refractivity contribution in [1.82, 2.24) is 13.6 Å². The number of halogens is 1. The first-order valence-electron chi connectivity index (χ1n) is 9.64. The number of nitrogens with one attached hydrogen (secondary N) is 1. The lowest BCUT2D eigenvalue weighted by atomic mass is 9.90. The van der Waals surface area contributed by atoms with Gasteiger partial charge in [0.1, 0.15) is 11.9 Å². The standard InChI is InChI=1S/C19H24FN3O4S/c20-14-4-5-17-15(11-14)16(12-21-17)13-6-9-22(10-7-13)28(26,27)23-8-2-1-3-18(23)19(24)25/h4-5,11-13,18,21H,1-3,6-10H2,(H,24,25). The van der Waals surface area contributed by atoms with Crippen molar-refractivity contribution < 1.29 is 22.7 Å². The number of H-pyrrole nitrogens is 1. The minimum absolute atomic E-state index is 0.138. The monoisotopic (exact) mass is 409 g/mol. The van der Waals surface area contributed by atoms with Gasteiger partial charge in [0.2, 0.25) is 0 Å². The summed E-state index contributed by atoms with van der Waals surface area (Å²) in [6.07, 6.45) is 4.88. The van der Waals surface area contributed by atoms with Crippen molar-refractivity contribution in [3.8, 4) is 0 Å². The van der Waals surface area contributed by atoms with E-state index in [4.69, 9.17) is 0 Å². The topological polar surface area (TPSA) is 93.7 Å². The van der Waals surface area contributed by atoms with Crippen molar-refractivity contribution in [3.63, 3.8) is 0 Å². The molecule has 0 spiro atoms. The normalized spacial score (nSPS) is 23.2. The number of aromatic amines is 1. The zero-order valence-corrected chi connectivity index (χ0v) is 16.3. The van der Waals surface area contributed by atoms with Gasteiger partial charge in [-0.15, -0.1) is 0 Å². The number of rotatable bonds is 4. The molecule has 28 heavy (non-hydrogen) atoms. The average molecular weight is 409 g/mol. The highest BCUT2D eigenvalue weighted by Crippen LogP contribution is 2.35. The molecular weight excluding hydrogens is 385 g/mol. The molecule has 1 unspecified atom stereocenters. The van der Waals surface area contributed by atoms with Gasteiger partial charge in [-0.05, 0) is 61.8 Å². The van der Waals surface area contributed by atoms with E-state index in [0.29, 0.717) is 38.8 Å². The predicted molar refractivity (Wildman–Crippen MR) is 103 cm³/mol. The predicted octanol–water partition coefficient (Wildman–Crippen LogP) is 2.67. The number of carboxylic acid groups (broad SMARTS) is 1. The molecule has 1 atom stereocenters. The largest absolute Gasteiger partial charge is 0.480 e. The molecule has 2 saturated heterocycles. The SMILES string of the molecule is O=C(O)C1CCCCN1S(=O)(=O)N1CCC(c2c[nH]c3ccc(F)cc23)CC1. The van der Waals surface area contributed by atoms with Crippen molar-refractivity contribution in [1.29, 1.82) is 0 Å². The fourth-order valence-electron chi connectivity index (χ4n) is 4.43. The fraction of sp³-hybridized carbons (Fsp3) is 0.526. The summed E-state index contributed by atoms with van der Waals surface area (Å²) >= 11 is 0. The molecule has 4 rings (SSSR count). The number of hydrogen-bond donors (Lipinski definition) is 2. The number of carboxylic acids is 1. The van der Waals surface area contributed by atoms with Crippen LogP contribution in [0.2, 0.25) is 0 Å². The summed E-state index contributed by atoms with van der Waals surface area (Å²) in [4.78, 5) is 14.6. The first kappa shape index (κ1) is 19.4. The zero-order valence-electron chi connectivity index (χ0n) is 15.5. The van der Waals surface area contributed by atoms with Crippen LogP contribution in [0.15, 0.2) is 24.4 Å². The molecular formula is C19H24FN3O4S. The van der Waals surface area contributed by atoms with Crippen molar-refractivity contribution in [2.45, 2.75) is 44.1 Å². The number of aromatic nitrogens is 1. The first-order chi connectivity index (χ1) is 13.4. The second-order valence-electron chi connectivity index (χ2n) is 7.58. The van der Waals surface area contributed by atoms with E-state index in [1.807, 2.05) is 6.20 Å². The van der Waals surface area contributed by atoms with Gasteiger partial charge in [0.05, 0.1) is 0 Å². The number of fused-ring (bicyclic) bond motifs is 1. The Morgan fingerprint density at radius 1 is 1.14 bits per heavy atom. The third kappa shape index (κ3) is 3.42. The summed E-state index contributed by atoms with van der Waals surface area (Å²) in [6, 6.07) is 3.65. The van der Waals surface area contributed by atoms with Gasteiger partial charge in [-0.3, -0.25) is 4.79 Å². The van der Waals surface area contributed by atoms with E-state index in [1.165, 1.54) is 16.4 Å². The van der Waals surface area contributed by atoms with Crippen LogP contribution in [0.3, 0.4) is 0 Å². The Hall–Kier alpha value is -1.97. The van der Waals surface area contributed by atoms with E-state index in [1.54, 1.807) is 6.07 Å². The number of benzene rings is 1. The number of aliphatic carboxylic acids is 1. The molecule has 7 nitrogen and oxygen atoms in total. The highest BCUT2D eigenvalue weighted by molar-refractivity contribution is 7.86. The van der Waals surface area contributed by atoms with Gasteiger partial charge in [-0.25, -0.2) is 4.39 Å². The van der Waals surface area contributed by atoms with Crippen molar-refractivity contribution >= 4 is 27.1 Å². The molecule has 1 aromatic heterocycles. The summed E-state index contributed by atoms with van der Waals surface area (Å²) in [5.74, 6) is -1.24. The third-order valence-corrected chi connectivity index (χ3v) is 7.98. The summed E-state index contributed by atoms with van der Waals surface area (Å²) in [5.41, 5.74) is 1.87. The highest BCUT2D eigenvalue weighted by atomic mass is 32.2. The Balaban J connectivity index is 1.50. The molecule has 2 aliphatic heterocycles. The van der Waals surface area contributed by atoms with Crippen molar-refractivity contribution in [3.05, 3.63) is 35.8 Å². The number of carbonyl (C=O) groups is 1. The van der Waals surface area contributed by atoms with Crippen LogP contribution < -0.4 is 0 Å². The zero-order chi connectivity index (χ0) is 19.9. The van der Waals surface area contributed by atoms with Crippen LogP contribution >= 0.6 is 0 Å². The van der Waals surface area contributed by atoms with Crippen LogP contribution in [0.25, 0.3) is 10.9 Å². The molecule has 0 saturated carbocycles. The minimum atomic E-state index is -3.80. The molecule has 3 heterocycles. The maximum Gasteiger partial charge on any atom is 0.322 e. The third-order valence-electron chi connectivity index (χ3n) is 5.93. The van der Waals surface area contributed by atoms with E-state index < -0.39 is 22.2 Å². The molecule has 1 aromatic carbocycles. The lowest BCUT2D eigenvalue weighted by Gasteiger charge is -2.38. The number of hydrogen-bond acceptors (Lipinski definition) is 3. The van der Waals surface area contributed by atoms with Gasteiger partial charge in [-0.1, -0.05) is 0 Å². The molecule has 2 aliphatic rings. The minimum Gasteiger partial charge on any atom is -0.480 e. The van der Waals surface area contributed by atoms with Crippen LogP contribution in [-0.4, -0.2) is 58.8 Å². The van der Waals surface area contributed by atoms with Gasteiger partial charge < -0.3 is 10.1 Å². The summed E-state index contributed by atoms with van der Waals surface area (Å²) in [7, 11) is -3.80. The lowest BCUT2D eigenvalue weighted by molar-refractivity contribution is -0.142.